The zero-order chi connectivity index (χ0) is 25.9. The van der Waals surface area contributed by atoms with E-state index in [2.05, 4.69) is 26.0 Å². The molecule has 37 heavy (non-hydrogen) atoms. The number of rotatable bonds is 12. The molecule has 0 heterocycles. The molecule has 4 rings (SSSR count). The van der Waals surface area contributed by atoms with E-state index in [9.17, 15) is 4.79 Å². The number of carbonyl (C=O) groups excluding carboxylic acids is 1. The highest BCUT2D eigenvalue weighted by molar-refractivity contribution is 5.75. The van der Waals surface area contributed by atoms with E-state index in [-0.39, 0.29) is 11.9 Å². The van der Waals surface area contributed by atoms with Crippen LogP contribution < -0.4 is 4.74 Å². The van der Waals surface area contributed by atoms with Crippen molar-refractivity contribution in [1.82, 2.24) is 0 Å². The lowest BCUT2D eigenvalue weighted by molar-refractivity contribution is -0.140. The quantitative estimate of drug-likeness (QED) is 0.159. The molecule has 0 saturated heterocycles. The van der Waals surface area contributed by atoms with Gasteiger partial charge in [0.25, 0.3) is 0 Å². The van der Waals surface area contributed by atoms with Crippen LogP contribution in [-0.2, 0) is 11.2 Å². The van der Waals surface area contributed by atoms with Crippen LogP contribution in [0.15, 0.2) is 24.3 Å². The molecule has 0 spiro atoms. The van der Waals surface area contributed by atoms with Gasteiger partial charge in [0.05, 0.1) is 5.92 Å². The summed E-state index contributed by atoms with van der Waals surface area (Å²) >= 11 is 0. The van der Waals surface area contributed by atoms with Crippen LogP contribution in [0.3, 0.4) is 0 Å². The summed E-state index contributed by atoms with van der Waals surface area (Å²) in [7, 11) is 0. The number of unbranched alkanes of at least 4 members (excludes halogenated alkanes) is 2. The summed E-state index contributed by atoms with van der Waals surface area (Å²) in [6.07, 6.45) is 26.9. The number of aryl methyl sites for hydroxylation is 1. The van der Waals surface area contributed by atoms with Crippen molar-refractivity contribution in [3.8, 4) is 5.75 Å². The van der Waals surface area contributed by atoms with E-state index in [1.807, 2.05) is 12.1 Å². The van der Waals surface area contributed by atoms with Crippen LogP contribution in [0, 0.1) is 35.5 Å². The summed E-state index contributed by atoms with van der Waals surface area (Å²) in [5.74, 6) is 5.49. The van der Waals surface area contributed by atoms with Gasteiger partial charge in [0.15, 0.2) is 0 Å². The van der Waals surface area contributed by atoms with Gasteiger partial charge >= 0.3 is 5.97 Å². The summed E-state index contributed by atoms with van der Waals surface area (Å²) in [6, 6.07) is 8.41. The van der Waals surface area contributed by atoms with Crippen LogP contribution in [-0.4, -0.2) is 5.97 Å². The Balaban J connectivity index is 1.11. The Morgan fingerprint density at radius 3 is 1.78 bits per heavy atom. The van der Waals surface area contributed by atoms with E-state index < -0.39 is 0 Å². The lowest BCUT2D eigenvalue weighted by Crippen LogP contribution is -2.30. The van der Waals surface area contributed by atoms with E-state index in [1.165, 1.54) is 115 Å². The lowest BCUT2D eigenvalue weighted by Gasteiger charge is -2.37. The molecule has 0 N–H and O–H groups in total. The van der Waals surface area contributed by atoms with Gasteiger partial charge in [0.1, 0.15) is 5.75 Å². The second-order valence-corrected chi connectivity index (χ2v) is 13.2. The van der Waals surface area contributed by atoms with Gasteiger partial charge in [-0.05, 0) is 98.7 Å². The average Bonchev–Trinajstić information content (AvgIpc) is 2.94. The second-order valence-electron chi connectivity index (χ2n) is 13.2. The van der Waals surface area contributed by atoms with Crippen molar-refractivity contribution in [1.29, 1.82) is 0 Å². The molecule has 208 valence electrons. The molecule has 0 radical (unpaired) electrons. The minimum Gasteiger partial charge on any atom is -0.426 e. The molecule has 3 fully saturated rings. The van der Waals surface area contributed by atoms with Gasteiger partial charge in [-0.15, -0.1) is 0 Å². The molecule has 1 aromatic carbocycles. The van der Waals surface area contributed by atoms with Crippen LogP contribution in [0.25, 0.3) is 0 Å². The van der Waals surface area contributed by atoms with Crippen molar-refractivity contribution in [2.45, 2.75) is 142 Å². The van der Waals surface area contributed by atoms with Gasteiger partial charge in [-0.25, -0.2) is 0 Å². The lowest BCUT2D eigenvalue weighted by atomic mass is 9.68. The summed E-state index contributed by atoms with van der Waals surface area (Å²) in [5, 5.41) is 0. The number of benzene rings is 1. The first-order valence-corrected chi connectivity index (χ1v) is 16.4. The molecule has 3 saturated carbocycles. The van der Waals surface area contributed by atoms with Crippen molar-refractivity contribution >= 4 is 5.97 Å². The van der Waals surface area contributed by atoms with Crippen molar-refractivity contribution in [3.63, 3.8) is 0 Å². The molecular formula is C35H56O2. The van der Waals surface area contributed by atoms with E-state index in [1.54, 1.807) is 0 Å². The Kier molecular flexibility index (Phi) is 11.9. The zero-order valence-electron chi connectivity index (χ0n) is 24.2. The molecule has 2 nitrogen and oxygen atoms in total. The fourth-order valence-electron chi connectivity index (χ4n) is 7.97. The predicted molar refractivity (Wildman–Crippen MR) is 156 cm³/mol. The highest BCUT2D eigenvalue weighted by atomic mass is 16.5. The third-order valence-corrected chi connectivity index (χ3v) is 10.5. The fraction of sp³-hybridized carbons (Fsp3) is 0.800. The average molecular weight is 509 g/mol. The van der Waals surface area contributed by atoms with Gasteiger partial charge in [-0.3, -0.25) is 4.79 Å². The molecule has 0 aliphatic heterocycles. The Hall–Kier alpha value is -1.31. The van der Waals surface area contributed by atoms with Crippen LogP contribution in [0.5, 0.6) is 5.75 Å². The maximum Gasteiger partial charge on any atom is 0.314 e. The molecule has 0 unspecified atom stereocenters. The number of ether oxygens (including phenoxy) is 1. The van der Waals surface area contributed by atoms with E-state index >= 15 is 0 Å². The highest BCUT2D eigenvalue weighted by Gasteiger charge is 2.33. The van der Waals surface area contributed by atoms with Crippen molar-refractivity contribution < 1.29 is 9.53 Å². The molecule has 0 atom stereocenters. The monoisotopic (exact) mass is 508 g/mol. The maximum atomic E-state index is 12.9. The van der Waals surface area contributed by atoms with Crippen molar-refractivity contribution in [2.24, 2.45) is 35.5 Å². The highest BCUT2D eigenvalue weighted by Crippen LogP contribution is 2.42. The molecule has 2 heteroatoms. The van der Waals surface area contributed by atoms with E-state index in [0.29, 0.717) is 0 Å². The summed E-state index contributed by atoms with van der Waals surface area (Å²) in [6.45, 7) is 4.62. The maximum absolute atomic E-state index is 12.9. The van der Waals surface area contributed by atoms with E-state index in [0.717, 1.165) is 54.6 Å². The van der Waals surface area contributed by atoms with Crippen LogP contribution >= 0.6 is 0 Å². The van der Waals surface area contributed by atoms with Crippen LogP contribution in [0.4, 0.5) is 0 Å². The largest absolute Gasteiger partial charge is 0.426 e. The summed E-state index contributed by atoms with van der Waals surface area (Å²) in [5.41, 5.74) is 1.39. The predicted octanol–water partition coefficient (Wildman–Crippen LogP) is 10.3. The van der Waals surface area contributed by atoms with Gasteiger partial charge in [0.2, 0.25) is 0 Å². The third kappa shape index (κ3) is 9.14. The number of esters is 1. The van der Waals surface area contributed by atoms with Gasteiger partial charge in [-0.2, -0.15) is 0 Å². The molecule has 0 aromatic heterocycles. The van der Waals surface area contributed by atoms with Crippen molar-refractivity contribution in [3.05, 3.63) is 29.8 Å². The molecular weight excluding hydrogens is 452 g/mol. The smallest absolute Gasteiger partial charge is 0.314 e. The molecule has 3 aliphatic carbocycles. The fourth-order valence-corrected chi connectivity index (χ4v) is 7.97. The normalized spacial score (nSPS) is 30.6. The minimum atomic E-state index is 0.00896. The Morgan fingerprint density at radius 2 is 1.19 bits per heavy atom. The molecule has 3 aliphatic rings. The standard InChI is InChI=1S/C35H56O2/c1-3-5-6-8-28-15-19-31(20-16-28)32-21-23-33(24-22-32)35(36)37-34-25-17-30(18-26-34)14-13-29-11-9-27(7-4-2)10-12-29/h17-18,25-29,31-33H,3-16,19-24H2,1-2H3. The minimum absolute atomic E-state index is 0.00896. The topological polar surface area (TPSA) is 26.3 Å². The number of carbonyl (C=O) groups is 1. The van der Waals surface area contributed by atoms with Gasteiger partial charge in [0, 0.05) is 0 Å². The van der Waals surface area contributed by atoms with Crippen LogP contribution in [0.2, 0.25) is 0 Å². The number of hydrogen-bond donors (Lipinski definition) is 0. The molecule has 0 amide bonds. The first-order chi connectivity index (χ1) is 18.1. The SMILES string of the molecule is CCCCCC1CCC(C2CCC(C(=O)Oc3ccc(CCC4CCC(CCC)CC4)cc3)CC2)CC1. The Labute approximate surface area is 228 Å². The Morgan fingerprint density at radius 1 is 0.649 bits per heavy atom. The van der Waals surface area contributed by atoms with Gasteiger partial charge in [-0.1, -0.05) is 103 Å². The second kappa shape index (κ2) is 15.3. The first-order valence-electron chi connectivity index (χ1n) is 16.4. The van der Waals surface area contributed by atoms with E-state index in [4.69, 9.17) is 4.74 Å². The first kappa shape index (κ1) is 28.7. The third-order valence-electron chi connectivity index (χ3n) is 10.5. The van der Waals surface area contributed by atoms with Crippen molar-refractivity contribution in [2.75, 3.05) is 0 Å². The Bertz CT molecular complexity index is 759. The van der Waals surface area contributed by atoms with Crippen LogP contribution in [0.1, 0.15) is 141 Å². The summed E-state index contributed by atoms with van der Waals surface area (Å²) < 4.78 is 5.84. The van der Waals surface area contributed by atoms with Gasteiger partial charge < -0.3 is 4.74 Å². The molecule has 0 bridgehead atoms. The zero-order valence-corrected chi connectivity index (χ0v) is 24.2. The number of hydrogen-bond acceptors (Lipinski definition) is 2. The summed E-state index contributed by atoms with van der Waals surface area (Å²) in [4.78, 5) is 12.9. The molecule has 1 aromatic rings.